The molecule has 0 radical (unpaired) electrons. The summed E-state index contributed by atoms with van der Waals surface area (Å²) in [7, 11) is 0. The minimum absolute atomic E-state index is 0.173. The van der Waals surface area contributed by atoms with E-state index in [0.717, 1.165) is 11.1 Å². The largest absolute Gasteiger partial charge is 0.326 e. The van der Waals surface area contributed by atoms with E-state index in [1.165, 1.54) is 16.7 Å². The Hall–Kier alpha value is -1.68. The van der Waals surface area contributed by atoms with E-state index in [2.05, 4.69) is 68.7 Å². The zero-order chi connectivity index (χ0) is 15.5. The van der Waals surface area contributed by atoms with Gasteiger partial charge in [-0.25, -0.2) is 0 Å². The third-order valence-corrected chi connectivity index (χ3v) is 3.68. The minimum atomic E-state index is 0.173. The summed E-state index contributed by atoms with van der Waals surface area (Å²) in [5.74, 6) is 5.43. The van der Waals surface area contributed by atoms with Crippen LogP contribution in [0.4, 0.5) is 0 Å². The quantitative estimate of drug-likeness (QED) is 0.597. The summed E-state index contributed by atoms with van der Waals surface area (Å²) in [6.45, 7) is 7.85. The normalized spacial score (nSPS) is 11.7. The fraction of sp³-hybridized carbons (Fsp3) is 0.333. The molecule has 2 rings (SSSR count). The van der Waals surface area contributed by atoms with Crippen LogP contribution in [0.2, 0.25) is 0 Å². The molecule has 0 amide bonds. The minimum Gasteiger partial charge on any atom is -0.326 e. The van der Waals surface area contributed by atoms with Crippen molar-refractivity contribution < 1.29 is 0 Å². The van der Waals surface area contributed by atoms with Gasteiger partial charge in [0.15, 0.2) is 0 Å². The lowest BCUT2D eigenvalue weighted by Crippen LogP contribution is -2.21. The monoisotopic (exact) mass is 283 g/mol. The summed E-state index contributed by atoms with van der Waals surface area (Å²) >= 11 is 0. The fourth-order valence-corrected chi connectivity index (χ4v) is 2.43. The lowest BCUT2D eigenvalue weighted by atomic mass is 9.86. The Morgan fingerprint density at radius 1 is 0.905 bits per heavy atom. The van der Waals surface area contributed by atoms with E-state index in [-0.39, 0.29) is 5.41 Å². The van der Waals surface area contributed by atoms with E-state index < -0.39 is 0 Å². The van der Waals surface area contributed by atoms with Gasteiger partial charge < -0.3 is 5.73 Å². The fourth-order valence-electron chi connectivity index (χ4n) is 2.43. The van der Waals surface area contributed by atoms with Crippen LogP contribution in [-0.2, 0) is 18.5 Å². The molecule has 0 saturated heterocycles. The Kier molecular flexibility index (Phi) is 4.78. The first-order chi connectivity index (χ1) is 9.94. The second kappa shape index (κ2) is 6.39. The summed E-state index contributed by atoms with van der Waals surface area (Å²) in [5.41, 5.74) is 14.7. The maximum absolute atomic E-state index is 5.79. The smallest absolute Gasteiger partial charge is 0.0349 e. The van der Waals surface area contributed by atoms with Crippen molar-refractivity contribution in [2.45, 2.75) is 39.3 Å². The van der Waals surface area contributed by atoms with Crippen LogP contribution in [0.15, 0.2) is 42.5 Å². The summed E-state index contributed by atoms with van der Waals surface area (Å²) < 4.78 is 0. The van der Waals surface area contributed by atoms with Crippen molar-refractivity contribution >= 4 is 0 Å². The van der Waals surface area contributed by atoms with Crippen LogP contribution >= 0.6 is 0 Å². The Bertz CT molecular complexity index is 595. The van der Waals surface area contributed by atoms with Gasteiger partial charge in [-0.2, -0.15) is 0 Å². The molecule has 0 aromatic heterocycles. The standard InChI is InChI=1S/C18H25N3/c1-18(2,3)17-6-4-15(5-7-17)16-9-13(11-19)8-14(10-16)12-21-20/h4-10,21H,11-12,19-20H2,1-3H3. The van der Waals surface area contributed by atoms with Crippen molar-refractivity contribution in [3.63, 3.8) is 0 Å². The van der Waals surface area contributed by atoms with E-state index in [1.807, 2.05) is 0 Å². The zero-order valence-corrected chi connectivity index (χ0v) is 13.1. The molecular weight excluding hydrogens is 258 g/mol. The number of hydrogen-bond acceptors (Lipinski definition) is 3. The zero-order valence-electron chi connectivity index (χ0n) is 13.1. The maximum atomic E-state index is 5.79. The van der Waals surface area contributed by atoms with Crippen molar-refractivity contribution in [2.24, 2.45) is 11.6 Å². The first kappa shape index (κ1) is 15.7. The van der Waals surface area contributed by atoms with E-state index in [4.69, 9.17) is 11.6 Å². The van der Waals surface area contributed by atoms with Gasteiger partial charge in [-0.05, 0) is 45.4 Å². The third-order valence-electron chi connectivity index (χ3n) is 3.68. The lowest BCUT2D eigenvalue weighted by Gasteiger charge is -2.19. The highest BCUT2D eigenvalue weighted by atomic mass is 15.2. The molecule has 2 aromatic rings. The highest BCUT2D eigenvalue weighted by Crippen LogP contribution is 2.27. The van der Waals surface area contributed by atoms with Crippen LogP contribution in [0.1, 0.15) is 37.5 Å². The van der Waals surface area contributed by atoms with Gasteiger partial charge in [-0.1, -0.05) is 51.1 Å². The molecule has 0 heterocycles. The van der Waals surface area contributed by atoms with Crippen molar-refractivity contribution in [2.75, 3.05) is 0 Å². The van der Waals surface area contributed by atoms with Crippen LogP contribution in [-0.4, -0.2) is 0 Å². The van der Waals surface area contributed by atoms with Gasteiger partial charge in [0.05, 0.1) is 0 Å². The number of nitrogens with one attached hydrogen (secondary N) is 1. The average Bonchev–Trinajstić information content (AvgIpc) is 2.46. The number of rotatable bonds is 4. The molecule has 112 valence electrons. The van der Waals surface area contributed by atoms with Crippen molar-refractivity contribution in [1.82, 2.24) is 5.43 Å². The number of hydrogen-bond donors (Lipinski definition) is 3. The van der Waals surface area contributed by atoms with Gasteiger partial charge in [0, 0.05) is 13.1 Å². The molecule has 0 unspecified atom stereocenters. The maximum Gasteiger partial charge on any atom is 0.0349 e. The van der Waals surface area contributed by atoms with Crippen molar-refractivity contribution in [1.29, 1.82) is 0 Å². The molecule has 5 N–H and O–H groups in total. The number of nitrogens with two attached hydrogens (primary N) is 2. The van der Waals surface area contributed by atoms with Crippen LogP contribution < -0.4 is 17.0 Å². The summed E-state index contributed by atoms with van der Waals surface area (Å²) in [6.07, 6.45) is 0. The van der Waals surface area contributed by atoms with Gasteiger partial charge >= 0.3 is 0 Å². The molecule has 3 heteroatoms. The Morgan fingerprint density at radius 2 is 1.52 bits per heavy atom. The van der Waals surface area contributed by atoms with Gasteiger partial charge in [0.25, 0.3) is 0 Å². The Balaban J connectivity index is 2.39. The van der Waals surface area contributed by atoms with E-state index in [1.54, 1.807) is 0 Å². The second-order valence-corrected chi connectivity index (χ2v) is 6.45. The Morgan fingerprint density at radius 3 is 2.05 bits per heavy atom. The van der Waals surface area contributed by atoms with E-state index >= 15 is 0 Å². The average molecular weight is 283 g/mol. The van der Waals surface area contributed by atoms with Crippen LogP contribution in [0, 0.1) is 0 Å². The molecule has 0 aliphatic rings. The molecule has 0 saturated carbocycles. The molecule has 0 bridgehead atoms. The summed E-state index contributed by atoms with van der Waals surface area (Å²) in [4.78, 5) is 0. The molecular formula is C18H25N3. The molecule has 0 atom stereocenters. The third kappa shape index (κ3) is 3.91. The highest BCUT2D eigenvalue weighted by molar-refractivity contribution is 5.65. The lowest BCUT2D eigenvalue weighted by molar-refractivity contribution is 0.590. The highest BCUT2D eigenvalue weighted by Gasteiger charge is 2.13. The van der Waals surface area contributed by atoms with Crippen molar-refractivity contribution in [3.8, 4) is 11.1 Å². The SMILES string of the molecule is CC(C)(C)c1ccc(-c2cc(CN)cc(CNN)c2)cc1. The van der Waals surface area contributed by atoms with Crippen LogP contribution in [0.25, 0.3) is 11.1 Å². The predicted molar refractivity (Wildman–Crippen MR) is 89.5 cm³/mol. The topological polar surface area (TPSA) is 64.1 Å². The first-order valence-corrected chi connectivity index (χ1v) is 7.31. The van der Waals surface area contributed by atoms with Gasteiger partial charge in [0.1, 0.15) is 0 Å². The number of hydrazine groups is 1. The van der Waals surface area contributed by atoms with Gasteiger partial charge in [0.2, 0.25) is 0 Å². The molecule has 3 nitrogen and oxygen atoms in total. The molecule has 2 aromatic carbocycles. The van der Waals surface area contributed by atoms with Crippen LogP contribution in [0.5, 0.6) is 0 Å². The van der Waals surface area contributed by atoms with Gasteiger partial charge in [-0.15, -0.1) is 0 Å². The first-order valence-electron chi connectivity index (χ1n) is 7.31. The molecule has 0 fully saturated rings. The second-order valence-electron chi connectivity index (χ2n) is 6.45. The Labute approximate surface area is 127 Å². The molecule has 0 aliphatic heterocycles. The summed E-state index contributed by atoms with van der Waals surface area (Å²) in [5, 5.41) is 0. The summed E-state index contributed by atoms with van der Waals surface area (Å²) in [6, 6.07) is 15.1. The van der Waals surface area contributed by atoms with E-state index in [9.17, 15) is 0 Å². The molecule has 21 heavy (non-hydrogen) atoms. The predicted octanol–water partition coefficient (Wildman–Crippen LogP) is 3.07. The van der Waals surface area contributed by atoms with E-state index in [0.29, 0.717) is 13.1 Å². The molecule has 0 spiro atoms. The van der Waals surface area contributed by atoms with Crippen molar-refractivity contribution in [3.05, 3.63) is 59.2 Å². The van der Waals surface area contributed by atoms with Crippen LogP contribution in [0.3, 0.4) is 0 Å². The van der Waals surface area contributed by atoms with Gasteiger partial charge in [-0.3, -0.25) is 11.3 Å². The number of benzene rings is 2. The molecule has 0 aliphatic carbocycles.